The van der Waals surface area contributed by atoms with Gasteiger partial charge in [0, 0.05) is 25.7 Å². The third-order valence-electron chi connectivity index (χ3n) is 4.74. The van der Waals surface area contributed by atoms with Crippen molar-refractivity contribution in [2.24, 2.45) is 0 Å². The van der Waals surface area contributed by atoms with Gasteiger partial charge in [-0.3, -0.25) is 14.4 Å². The lowest BCUT2D eigenvalue weighted by molar-refractivity contribution is -0.121. The van der Waals surface area contributed by atoms with Gasteiger partial charge in [-0.1, -0.05) is 41.9 Å². The summed E-state index contributed by atoms with van der Waals surface area (Å²) in [6.07, 6.45) is 0.969. The molecule has 10 heteroatoms. The Kier molecular flexibility index (Phi) is 7.77. The number of carbonyl (C=O) groups excluding carboxylic acids is 1. The largest absolute Gasteiger partial charge is 0.494 e. The number of hydrogen-bond donors (Lipinski definition) is 2. The lowest BCUT2D eigenvalue weighted by atomic mass is 10.1. The molecule has 1 fully saturated rings. The first-order valence-corrected chi connectivity index (χ1v) is 12.0. The highest BCUT2D eigenvalue weighted by atomic mass is 35.5. The van der Waals surface area contributed by atoms with Gasteiger partial charge in [-0.15, -0.1) is 0 Å². The quantitative estimate of drug-likeness (QED) is 0.619. The van der Waals surface area contributed by atoms with Crippen molar-refractivity contribution in [3.05, 3.63) is 53.1 Å². The van der Waals surface area contributed by atoms with Crippen LogP contribution in [0.3, 0.4) is 0 Å². The smallest absolute Gasteiger partial charge is 0.229 e. The van der Waals surface area contributed by atoms with E-state index in [-0.39, 0.29) is 29.1 Å². The molecule has 0 bridgehead atoms. The lowest BCUT2D eigenvalue weighted by Gasteiger charge is -2.32. The fraction of sp³-hybridized carbons (Fsp3) is 0.381. The summed E-state index contributed by atoms with van der Waals surface area (Å²) in [5, 5.41) is 2.92. The van der Waals surface area contributed by atoms with Crippen molar-refractivity contribution in [1.29, 1.82) is 0 Å². The Bertz CT molecular complexity index is 1020. The number of amides is 1. The molecule has 2 N–H and O–H groups in total. The number of nitrogens with one attached hydrogen (secondary N) is 2. The van der Waals surface area contributed by atoms with E-state index in [1.54, 1.807) is 0 Å². The number of sulfonamides is 1. The number of methoxy groups -OCH3 is 1. The summed E-state index contributed by atoms with van der Waals surface area (Å²) < 4.78 is 36.3. The summed E-state index contributed by atoms with van der Waals surface area (Å²) in [4.78, 5) is 14.9. The Morgan fingerprint density at radius 2 is 2.00 bits per heavy atom. The molecule has 3 rings (SSSR count). The number of ether oxygens (including phenoxy) is 2. The SMILES string of the molecule is COc1cc(NS(C)(=O)=O)c(Cl)cc1NC(=O)CC1CN(Cc2ccccc2)CCO1. The van der Waals surface area contributed by atoms with E-state index in [1.165, 1.54) is 24.8 Å². The van der Waals surface area contributed by atoms with Gasteiger partial charge in [0.15, 0.2) is 0 Å². The summed E-state index contributed by atoms with van der Waals surface area (Å²) in [5.74, 6) is 0.0453. The fourth-order valence-electron chi connectivity index (χ4n) is 3.40. The van der Waals surface area contributed by atoms with Gasteiger partial charge in [0.1, 0.15) is 5.75 Å². The molecule has 2 aromatic carbocycles. The topological polar surface area (TPSA) is 97.0 Å². The van der Waals surface area contributed by atoms with Gasteiger partial charge in [-0.05, 0) is 11.6 Å². The van der Waals surface area contributed by atoms with Crippen molar-refractivity contribution in [3.8, 4) is 5.75 Å². The molecule has 1 aliphatic rings. The molecular formula is C21H26ClN3O5S. The standard InChI is InChI=1S/C21H26ClN3O5S/c1-29-20-12-18(24-31(2,27)28)17(22)11-19(20)23-21(26)10-16-14-25(8-9-30-16)13-15-6-4-3-5-7-15/h3-7,11-12,16,24H,8-10,13-14H2,1-2H3,(H,23,26). The molecule has 0 aliphatic carbocycles. The third-order valence-corrected chi connectivity index (χ3v) is 5.65. The summed E-state index contributed by atoms with van der Waals surface area (Å²) in [6.45, 7) is 2.83. The van der Waals surface area contributed by atoms with Gasteiger partial charge in [-0.2, -0.15) is 0 Å². The minimum Gasteiger partial charge on any atom is -0.494 e. The average molecular weight is 468 g/mol. The number of benzene rings is 2. The molecule has 1 saturated heterocycles. The molecule has 168 valence electrons. The molecular weight excluding hydrogens is 442 g/mol. The number of rotatable bonds is 8. The molecule has 1 atom stereocenters. The van der Waals surface area contributed by atoms with E-state index in [0.29, 0.717) is 24.6 Å². The fourth-order valence-corrected chi connectivity index (χ4v) is 4.23. The molecule has 1 aliphatic heterocycles. The Hall–Kier alpha value is -2.33. The number of anilines is 2. The van der Waals surface area contributed by atoms with Gasteiger partial charge < -0.3 is 14.8 Å². The normalized spacial score (nSPS) is 17.2. The van der Waals surface area contributed by atoms with E-state index in [4.69, 9.17) is 21.1 Å². The van der Waals surface area contributed by atoms with Crippen molar-refractivity contribution < 1.29 is 22.7 Å². The minimum atomic E-state index is -3.51. The predicted molar refractivity (Wildman–Crippen MR) is 121 cm³/mol. The molecule has 1 amide bonds. The number of morpholine rings is 1. The van der Waals surface area contributed by atoms with Crippen LogP contribution < -0.4 is 14.8 Å². The Morgan fingerprint density at radius 1 is 1.26 bits per heavy atom. The van der Waals surface area contributed by atoms with Gasteiger partial charge in [-0.25, -0.2) is 8.42 Å². The average Bonchev–Trinajstić information content (AvgIpc) is 2.70. The highest BCUT2D eigenvalue weighted by Gasteiger charge is 2.24. The van der Waals surface area contributed by atoms with Crippen LogP contribution in [0.15, 0.2) is 42.5 Å². The molecule has 0 spiro atoms. The van der Waals surface area contributed by atoms with Crippen molar-refractivity contribution in [2.45, 2.75) is 19.1 Å². The van der Waals surface area contributed by atoms with Crippen LogP contribution >= 0.6 is 11.6 Å². The van der Waals surface area contributed by atoms with Gasteiger partial charge in [0.05, 0.1) is 48.9 Å². The van der Waals surface area contributed by atoms with Gasteiger partial charge in [0.25, 0.3) is 0 Å². The Morgan fingerprint density at radius 3 is 2.68 bits per heavy atom. The van der Waals surface area contributed by atoms with E-state index in [1.807, 2.05) is 18.2 Å². The Balaban J connectivity index is 1.61. The maximum absolute atomic E-state index is 12.6. The van der Waals surface area contributed by atoms with E-state index in [9.17, 15) is 13.2 Å². The van der Waals surface area contributed by atoms with Crippen LogP contribution in [0.2, 0.25) is 5.02 Å². The predicted octanol–water partition coefficient (Wildman–Crippen LogP) is 2.95. The second-order valence-corrected chi connectivity index (χ2v) is 9.53. The lowest BCUT2D eigenvalue weighted by Crippen LogP contribution is -2.43. The zero-order valence-corrected chi connectivity index (χ0v) is 19.0. The van der Waals surface area contributed by atoms with Crippen molar-refractivity contribution in [2.75, 3.05) is 43.1 Å². The van der Waals surface area contributed by atoms with Crippen LogP contribution in [0.5, 0.6) is 5.75 Å². The van der Waals surface area contributed by atoms with Gasteiger partial charge >= 0.3 is 0 Å². The van der Waals surface area contributed by atoms with Gasteiger partial charge in [0.2, 0.25) is 15.9 Å². The molecule has 0 aromatic heterocycles. The van der Waals surface area contributed by atoms with E-state index in [2.05, 4.69) is 27.1 Å². The highest BCUT2D eigenvalue weighted by Crippen LogP contribution is 2.35. The van der Waals surface area contributed by atoms with Crippen molar-refractivity contribution in [1.82, 2.24) is 4.90 Å². The second kappa shape index (κ2) is 10.3. The number of hydrogen-bond acceptors (Lipinski definition) is 6. The van der Waals surface area contributed by atoms with Crippen LogP contribution in [-0.4, -0.2) is 58.4 Å². The van der Waals surface area contributed by atoms with Crippen LogP contribution in [-0.2, 0) is 26.1 Å². The minimum absolute atomic E-state index is 0.143. The van der Waals surface area contributed by atoms with E-state index >= 15 is 0 Å². The van der Waals surface area contributed by atoms with E-state index < -0.39 is 10.0 Å². The monoisotopic (exact) mass is 467 g/mol. The van der Waals surface area contributed by atoms with Crippen molar-refractivity contribution >= 4 is 38.9 Å². The first-order valence-electron chi connectivity index (χ1n) is 9.76. The number of halogens is 1. The first kappa shape index (κ1) is 23.3. The Labute approximate surface area is 187 Å². The highest BCUT2D eigenvalue weighted by molar-refractivity contribution is 7.92. The molecule has 1 heterocycles. The second-order valence-electron chi connectivity index (χ2n) is 7.37. The van der Waals surface area contributed by atoms with Crippen LogP contribution in [0.1, 0.15) is 12.0 Å². The van der Waals surface area contributed by atoms with Crippen LogP contribution in [0.25, 0.3) is 0 Å². The first-order chi connectivity index (χ1) is 14.7. The zero-order chi connectivity index (χ0) is 22.4. The van der Waals surface area contributed by atoms with E-state index in [0.717, 1.165) is 19.3 Å². The molecule has 1 unspecified atom stereocenters. The molecule has 8 nitrogen and oxygen atoms in total. The maximum atomic E-state index is 12.6. The van der Waals surface area contributed by atoms with Crippen LogP contribution in [0, 0.1) is 0 Å². The summed E-state index contributed by atoms with van der Waals surface area (Å²) in [7, 11) is -2.08. The summed E-state index contributed by atoms with van der Waals surface area (Å²) in [5.41, 5.74) is 1.74. The summed E-state index contributed by atoms with van der Waals surface area (Å²) in [6, 6.07) is 13.0. The van der Waals surface area contributed by atoms with Crippen molar-refractivity contribution in [3.63, 3.8) is 0 Å². The number of carbonyl (C=O) groups is 1. The molecule has 2 aromatic rings. The summed E-state index contributed by atoms with van der Waals surface area (Å²) >= 11 is 6.17. The maximum Gasteiger partial charge on any atom is 0.229 e. The molecule has 31 heavy (non-hydrogen) atoms. The zero-order valence-electron chi connectivity index (χ0n) is 17.4. The third kappa shape index (κ3) is 7.10. The molecule has 0 radical (unpaired) electrons. The molecule has 0 saturated carbocycles. The number of nitrogens with zero attached hydrogens (tertiary/aromatic N) is 1. The van der Waals surface area contributed by atoms with Crippen LogP contribution in [0.4, 0.5) is 11.4 Å².